The molecule has 0 bridgehead atoms. The Balaban J connectivity index is 2.19. The zero-order valence-electron chi connectivity index (χ0n) is 9.78. The number of aryl methyl sites for hydroxylation is 1. The van der Waals surface area contributed by atoms with E-state index in [1.54, 1.807) is 6.20 Å². The molecule has 0 aliphatic carbocycles. The Morgan fingerprint density at radius 3 is 2.56 bits per heavy atom. The monoisotopic (exact) mass is 370 g/mol. The van der Waals surface area contributed by atoms with Crippen molar-refractivity contribution >= 4 is 37.5 Å². The van der Waals surface area contributed by atoms with Crippen molar-refractivity contribution in [2.45, 2.75) is 13.5 Å². The molecule has 0 aliphatic heterocycles. The lowest BCUT2D eigenvalue weighted by molar-refractivity contribution is 0.296. The molecule has 0 unspecified atom stereocenters. The van der Waals surface area contributed by atoms with Gasteiger partial charge in [-0.3, -0.25) is 4.98 Å². The molecule has 2 aromatic rings. The highest BCUT2D eigenvalue weighted by Gasteiger charge is 2.09. The van der Waals surface area contributed by atoms with Gasteiger partial charge < -0.3 is 10.5 Å². The minimum atomic E-state index is 0.424. The molecule has 1 heterocycles. The van der Waals surface area contributed by atoms with Gasteiger partial charge in [-0.15, -0.1) is 0 Å². The van der Waals surface area contributed by atoms with Gasteiger partial charge in [0.2, 0.25) is 0 Å². The molecule has 94 valence electrons. The summed E-state index contributed by atoms with van der Waals surface area (Å²) in [5.74, 6) is 0.731. The standard InChI is InChI=1S/C13H12Br2N2O/c1-8-3-2-4-17-12(8)7-18-13-10(14)5-9(16)6-11(13)15/h2-6H,7,16H2,1H3. The molecule has 2 rings (SSSR count). The van der Waals surface area contributed by atoms with Crippen LogP contribution in [0.2, 0.25) is 0 Å². The summed E-state index contributed by atoms with van der Waals surface area (Å²) in [6, 6.07) is 7.55. The van der Waals surface area contributed by atoms with E-state index >= 15 is 0 Å². The molecule has 0 saturated heterocycles. The van der Waals surface area contributed by atoms with Crippen LogP contribution in [0.1, 0.15) is 11.3 Å². The molecule has 0 saturated carbocycles. The molecule has 0 fully saturated rings. The maximum Gasteiger partial charge on any atom is 0.148 e. The average molecular weight is 372 g/mol. The number of nitrogens with zero attached hydrogens (tertiary/aromatic N) is 1. The largest absolute Gasteiger partial charge is 0.485 e. The summed E-state index contributed by atoms with van der Waals surface area (Å²) in [5.41, 5.74) is 8.44. The van der Waals surface area contributed by atoms with Crippen molar-refractivity contribution in [1.82, 2.24) is 4.98 Å². The topological polar surface area (TPSA) is 48.1 Å². The molecule has 1 aromatic carbocycles. The van der Waals surface area contributed by atoms with E-state index in [2.05, 4.69) is 36.8 Å². The van der Waals surface area contributed by atoms with Crippen LogP contribution < -0.4 is 10.5 Å². The van der Waals surface area contributed by atoms with Gasteiger partial charge in [0.15, 0.2) is 0 Å². The highest BCUT2D eigenvalue weighted by Crippen LogP contribution is 2.36. The van der Waals surface area contributed by atoms with E-state index < -0.39 is 0 Å². The number of anilines is 1. The molecule has 18 heavy (non-hydrogen) atoms. The summed E-state index contributed by atoms with van der Waals surface area (Å²) in [6.45, 7) is 2.44. The highest BCUT2D eigenvalue weighted by molar-refractivity contribution is 9.11. The predicted octanol–water partition coefficient (Wildman–Crippen LogP) is 4.08. The first-order valence-electron chi connectivity index (χ1n) is 5.35. The summed E-state index contributed by atoms with van der Waals surface area (Å²) in [6.07, 6.45) is 1.76. The molecule has 0 aliphatic rings. The smallest absolute Gasteiger partial charge is 0.148 e. The van der Waals surface area contributed by atoms with E-state index in [1.807, 2.05) is 31.2 Å². The van der Waals surface area contributed by atoms with Crippen LogP contribution in [0.15, 0.2) is 39.4 Å². The second kappa shape index (κ2) is 5.71. The molecule has 0 amide bonds. The van der Waals surface area contributed by atoms with Crippen molar-refractivity contribution in [3.63, 3.8) is 0 Å². The fraction of sp³-hybridized carbons (Fsp3) is 0.154. The number of nitrogens with two attached hydrogens (primary N) is 1. The first-order chi connectivity index (χ1) is 8.58. The van der Waals surface area contributed by atoms with Crippen molar-refractivity contribution in [2.24, 2.45) is 0 Å². The Bertz CT molecular complexity index is 550. The lowest BCUT2D eigenvalue weighted by atomic mass is 10.2. The number of halogens is 2. The van der Waals surface area contributed by atoms with Crippen LogP contribution in [0.25, 0.3) is 0 Å². The summed E-state index contributed by atoms with van der Waals surface area (Å²) in [5, 5.41) is 0. The molecule has 2 N–H and O–H groups in total. The summed E-state index contributed by atoms with van der Waals surface area (Å²) in [7, 11) is 0. The molecular weight excluding hydrogens is 360 g/mol. The van der Waals surface area contributed by atoms with Gasteiger partial charge >= 0.3 is 0 Å². The number of nitrogen functional groups attached to an aromatic ring is 1. The van der Waals surface area contributed by atoms with E-state index in [1.165, 1.54) is 0 Å². The summed E-state index contributed by atoms with van der Waals surface area (Å²) < 4.78 is 7.42. The minimum Gasteiger partial charge on any atom is -0.485 e. The minimum absolute atomic E-state index is 0.424. The molecule has 1 aromatic heterocycles. The van der Waals surface area contributed by atoms with Crippen LogP contribution in [0.3, 0.4) is 0 Å². The first kappa shape index (κ1) is 13.4. The fourth-order valence-electron chi connectivity index (χ4n) is 1.53. The third-order valence-corrected chi connectivity index (χ3v) is 3.67. The van der Waals surface area contributed by atoms with Gasteiger partial charge in [0, 0.05) is 11.9 Å². The Morgan fingerprint density at radius 1 is 1.28 bits per heavy atom. The van der Waals surface area contributed by atoms with Crippen LogP contribution in [-0.2, 0) is 6.61 Å². The Morgan fingerprint density at radius 2 is 1.94 bits per heavy atom. The van der Waals surface area contributed by atoms with Gasteiger partial charge in [-0.1, -0.05) is 6.07 Å². The van der Waals surface area contributed by atoms with Crippen molar-refractivity contribution in [3.8, 4) is 5.75 Å². The number of aromatic nitrogens is 1. The SMILES string of the molecule is Cc1cccnc1COc1c(Br)cc(N)cc1Br. The zero-order valence-corrected chi connectivity index (χ0v) is 13.0. The number of pyridine rings is 1. The van der Waals surface area contributed by atoms with Crippen molar-refractivity contribution in [1.29, 1.82) is 0 Å². The van der Waals surface area contributed by atoms with Crippen LogP contribution in [0, 0.1) is 6.92 Å². The Hall–Kier alpha value is -1.07. The fourth-order valence-corrected chi connectivity index (χ4v) is 2.98. The second-order valence-corrected chi connectivity index (χ2v) is 5.58. The van der Waals surface area contributed by atoms with Crippen LogP contribution in [-0.4, -0.2) is 4.98 Å². The third kappa shape index (κ3) is 3.03. The van der Waals surface area contributed by atoms with E-state index in [0.29, 0.717) is 12.3 Å². The quantitative estimate of drug-likeness (QED) is 0.827. The zero-order chi connectivity index (χ0) is 13.1. The van der Waals surface area contributed by atoms with Gasteiger partial charge in [0.25, 0.3) is 0 Å². The maximum atomic E-state index is 5.78. The molecule has 0 spiro atoms. The predicted molar refractivity (Wildman–Crippen MR) is 79.6 cm³/mol. The van der Waals surface area contributed by atoms with Gasteiger partial charge in [-0.2, -0.15) is 0 Å². The molecule has 5 heteroatoms. The van der Waals surface area contributed by atoms with Crippen LogP contribution in [0.5, 0.6) is 5.75 Å². The second-order valence-electron chi connectivity index (χ2n) is 3.87. The molecule has 3 nitrogen and oxygen atoms in total. The first-order valence-corrected chi connectivity index (χ1v) is 6.94. The van der Waals surface area contributed by atoms with Gasteiger partial charge in [-0.25, -0.2) is 0 Å². The number of hydrogen-bond acceptors (Lipinski definition) is 3. The van der Waals surface area contributed by atoms with E-state index in [-0.39, 0.29) is 0 Å². The Kier molecular flexibility index (Phi) is 4.24. The van der Waals surface area contributed by atoms with Gasteiger partial charge in [-0.05, 0) is 62.5 Å². The molecule has 0 atom stereocenters. The summed E-state index contributed by atoms with van der Waals surface area (Å²) >= 11 is 6.87. The lowest BCUT2D eigenvalue weighted by Crippen LogP contribution is -2.01. The van der Waals surface area contributed by atoms with Gasteiger partial charge in [0.05, 0.1) is 14.6 Å². The maximum absolute atomic E-state index is 5.78. The van der Waals surface area contributed by atoms with Crippen molar-refractivity contribution in [3.05, 3.63) is 50.7 Å². The summed E-state index contributed by atoms with van der Waals surface area (Å²) in [4.78, 5) is 4.29. The average Bonchev–Trinajstić information content (AvgIpc) is 2.30. The number of benzene rings is 1. The lowest BCUT2D eigenvalue weighted by Gasteiger charge is -2.11. The molecule has 0 radical (unpaired) electrons. The Labute approximate surface area is 123 Å². The van der Waals surface area contributed by atoms with E-state index in [0.717, 1.165) is 26.0 Å². The number of hydrogen-bond donors (Lipinski definition) is 1. The van der Waals surface area contributed by atoms with Crippen molar-refractivity contribution in [2.75, 3.05) is 5.73 Å². The van der Waals surface area contributed by atoms with E-state index in [9.17, 15) is 0 Å². The van der Waals surface area contributed by atoms with Crippen LogP contribution in [0.4, 0.5) is 5.69 Å². The normalized spacial score (nSPS) is 10.4. The third-order valence-electron chi connectivity index (χ3n) is 2.49. The molecular formula is C13H12Br2N2O. The van der Waals surface area contributed by atoms with Crippen molar-refractivity contribution < 1.29 is 4.74 Å². The van der Waals surface area contributed by atoms with Crippen LogP contribution >= 0.6 is 31.9 Å². The highest BCUT2D eigenvalue weighted by atomic mass is 79.9. The van der Waals surface area contributed by atoms with Gasteiger partial charge in [0.1, 0.15) is 12.4 Å². The van der Waals surface area contributed by atoms with E-state index in [4.69, 9.17) is 10.5 Å². The number of rotatable bonds is 3. The number of ether oxygens (including phenoxy) is 1.